The van der Waals surface area contributed by atoms with Crippen molar-refractivity contribution in [2.75, 3.05) is 19.0 Å². The molecule has 0 aliphatic carbocycles. The van der Waals surface area contributed by atoms with E-state index in [2.05, 4.69) is 29.1 Å². The predicted octanol–water partition coefficient (Wildman–Crippen LogP) is 1.79. The first-order valence-corrected chi connectivity index (χ1v) is 5.25. The number of hydrogen-bond acceptors (Lipinski definition) is 4. The van der Waals surface area contributed by atoms with Gasteiger partial charge in [-0.1, -0.05) is 6.92 Å². The average Bonchev–Trinajstić information content (AvgIpc) is 2.17. The Morgan fingerprint density at radius 1 is 1.47 bits per heavy atom. The van der Waals surface area contributed by atoms with Crippen LogP contribution in [0.1, 0.15) is 25.4 Å². The maximum Gasteiger partial charge on any atom is 0.130 e. The van der Waals surface area contributed by atoms with Gasteiger partial charge in [0, 0.05) is 24.9 Å². The van der Waals surface area contributed by atoms with Crippen LogP contribution in [0.15, 0.2) is 6.07 Å². The van der Waals surface area contributed by atoms with Crippen molar-refractivity contribution in [1.29, 1.82) is 0 Å². The average molecular weight is 209 g/mol. The Hall–Kier alpha value is -1.16. The van der Waals surface area contributed by atoms with Crippen LogP contribution in [0, 0.1) is 6.92 Å². The normalized spacial score (nSPS) is 12.5. The second-order valence-corrected chi connectivity index (χ2v) is 3.65. The number of aromatic nitrogens is 2. The summed E-state index contributed by atoms with van der Waals surface area (Å²) >= 11 is 0. The second-order valence-electron chi connectivity index (χ2n) is 3.65. The van der Waals surface area contributed by atoms with Crippen LogP contribution in [0.5, 0.6) is 0 Å². The molecule has 1 atom stereocenters. The molecule has 0 fully saturated rings. The molecule has 1 aromatic heterocycles. The van der Waals surface area contributed by atoms with Gasteiger partial charge in [0.05, 0.1) is 6.61 Å². The fourth-order valence-corrected chi connectivity index (χ4v) is 1.43. The molecular formula is C11H19N3O. The minimum absolute atomic E-state index is 0.258. The Kier molecular flexibility index (Phi) is 4.49. The molecule has 1 rings (SSSR count). The molecule has 0 saturated heterocycles. The number of ether oxygens (including phenoxy) is 1. The molecule has 0 radical (unpaired) electrons. The third-order valence-corrected chi connectivity index (χ3v) is 2.06. The van der Waals surface area contributed by atoms with E-state index < -0.39 is 0 Å². The lowest BCUT2D eigenvalue weighted by molar-refractivity contribution is 0.190. The summed E-state index contributed by atoms with van der Waals surface area (Å²) in [6.07, 6.45) is 0.927. The molecule has 1 unspecified atom stereocenters. The van der Waals surface area contributed by atoms with Crippen LogP contribution in [-0.2, 0) is 11.2 Å². The van der Waals surface area contributed by atoms with E-state index in [0.29, 0.717) is 6.61 Å². The Balaban J connectivity index is 2.71. The second kappa shape index (κ2) is 5.66. The van der Waals surface area contributed by atoms with Crippen LogP contribution in [0.2, 0.25) is 0 Å². The van der Waals surface area contributed by atoms with E-state index in [0.717, 1.165) is 23.8 Å². The van der Waals surface area contributed by atoms with E-state index in [-0.39, 0.29) is 6.04 Å². The van der Waals surface area contributed by atoms with E-state index in [4.69, 9.17) is 4.74 Å². The molecule has 1 heterocycles. The molecular weight excluding hydrogens is 190 g/mol. The van der Waals surface area contributed by atoms with Gasteiger partial charge in [0.2, 0.25) is 0 Å². The first kappa shape index (κ1) is 11.9. The molecule has 0 saturated carbocycles. The van der Waals surface area contributed by atoms with E-state index in [1.54, 1.807) is 7.11 Å². The highest BCUT2D eigenvalue weighted by Crippen LogP contribution is 2.08. The van der Waals surface area contributed by atoms with Gasteiger partial charge in [0.15, 0.2) is 0 Å². The van der Waals surface area contributed by atoms with Crippen LogP contribution >= 0.6 is 0 Å². The highest BCUT2D eigenvalue weighted by molar-refractivity contribution is 5.37. The molecule has 1 aromatic rings. The molecule has 15 heavy (non-hydrogen) atoms. The summed E-state index contributed by atoms with van der Waals surface area (Å²) < 4.78 is 5.06. The van der Waals surface area contributed by atoms with Crippen LogP contribution in [0.25, 0.3) is 0 Å². The highest BCUT2D eigenvalue weighted by Gasteiger charge is 2.04. The van der Waals surface area contributed by atoms with Gasteiger partial charge in [-0.3, -0.25) is 0 Å². The number of anilines is 1. The van der Waals surface area contributed by atoms with Gasteiger partial charge in [-0.15, -0.1) is 0 Å². The zero-order valence-corrected chi connectivity index (χ0v) is 9.87. The summed E-state index contributed by atoms with van der Waals surface area (Å²) in [5, 5.41) is 3.28. The summed E-state index contributed by atoms with van der Waals surface area (Å²) in [5.74, 6) is 1.69. The molecule has 0 bridgehead atoms. The first-order valence-electron chi connectivity index (χ1n) is 5.25. The third-order valence-electron chi connectivity index (χ3n) is 2.06. The quantitative estimate of drug-likeness (QED) is 0.803. The van der Waals surface area contributed by atoms with Crippen LogP contribution < -0.4 is 5.32 Å². The lowest BCUT2D eigenvalue weighted by Crippen LogP contribution is -2.21. The van der Waals surface area contributed by atoms with Crippen LogP contribution in [0.3, 0.4) is 0 Å². The van der Waals surface area contributed by atoms with Gasteiger partial charge in [-0.05, 0) is 20.3 Å². The molecule has 1 N–H and O–H groups in total. The van der Waals surface area contributed by atoms with E-state index in [9.17, 15) is 0 Å². The van der Waals surface area contributed by atoms with E-state index >= 15 is 0 Å². The van der Waals surface area contributed by atoms with Crippen molar-refractivity contribution in [3.05, 3.63) is 17.6 Å². The van der Waals surface area contributed by atoms with Crippen molar-refractivity contribution in [2.45, 2.75) is 33.2 Å². The minimum atomic E-state index is 0.258. The fraction of sp³-hybridized carbons (Fsp3) is 0.636. The van der Waals surface area contributed by atoms with E-state index in [1.807, 2.05) is 13.0 Å². The van der Waals surface area contributed by atoms with Gasteiger partial charge in [0.25, 0.3) is 0 Å². The van der Waals surface area contributed by atoms with Crippen LogP contribution in [0.4, 0.5) is 5.82 Å². The van der Waals surface area contributed by atoms with Gasteiger partial charge < -0.3 is 10.1 Å². The zero-order valence-electron chi connectivity index (χ0n) is 9.87. The van der Waals surface area contributed by atoms with Crippen molar-refractivity contribution in [2.24, 2.45) is 0 Å². The van der Waals surface area contributed by atoms with Crippen molar-refractivity contribution in [3.63, 3.8) is 0 Å². The molecule has 4 nitrogen and oxygen atoms in total. The molecule has 0 amide bonds. The highest BCUT2D eigenvalue weighted by atomic mass is 16.5. The molecule has 0 aliphatic heterocycles. The number of nitrogens with one attached hydrogen (secondary N) is 1. The van der Waals surface area contributed by atoms with Gasteiger partial charge in [-0.2, -0.15) is 0 Å². The topological polar surface area (TPSA) is 47.0 Å². The number of methoxy groups -OCH3 is 1. The smallest absolute Gasteiger partial charge is 0.130 e. The lowest BCUT2D eigenvalue weighted by Gasteiger charge is -2.14. The first-order chi connectivity index (χ1) is 7.15. The van der Waals surface area contributed by atoms with Crippen molar-refractivity contribution in [3.8, 4) is 0 Å². The van der Waals surface area contributed by atoms with Crippen molar-refractivity contribution < 1.29 is 4.74 Å². The predicted molar refractivity (Wildman–Crippen MR) is 61.1 cm³/mol. The Bertz CT molecular complexity index is 315. The summed E-state index contributed by atoms with van der Waals surface area (Å²) in [4.78, 5) is 8.65. The molecule has 4 heteroatoms. The summed E-state index contributed by atoms with van der Waals surface area (Å²) in [5.41, 5.74) is 1.06. The standard InChI is InChI=1S/C11H19N3O/c1-5-10-6-11(14-9(3)13-10)12-8(2)7-15-4/h6,8H,5,7H2,1-4H3,(H,12,13,14). The molecule has 0 aromatic carbocycles. The summed E-state index contributed by atoms with van der Waals surface area (Å²) in [6, 6.07) is 2.24. The minimum Gasteiger partial charge on any atom is -0.383 e. The lowest BCUT2D eigenvalue weighted by atomic mass is 10.3. The van der Waals surface area contributed by atoms with Gasteiger partial charge in [0.1, 0.15) is 11.6 Å². The molecule has 84 valence electrons. The monoisotopic (exact) mass is 209 g/mol. The Morgan fingerprint density at radius 2 is 2.20 bits per heavy atom. The maximum atomic E-state index is 5.06. The fourth-order valence-electron chi connectivity index (χ4n) is 1.43. The van der Waals surface area contributed by atoms with Crippen molar-refractivity contribution in [1.82, 2.24) is 9.97 Å². The summed E-state index contributed by atoms with van der Waals surface area (Å²) in [7, 11) is 1.70. The summed E-state index contributed by atoms with van der Waals surface area (Å²) in [6.45, 7) is 6.73. The maximum absolute atomic E-state index is 5.06. The number of hydrogen-bond donors (Lipinski definition) is 1. The number of nitrogens with zero attached hydrogens (tertiary/aromatic N) is 2. The van der Waals surface area contributed by atoms with Crippen molar-refractivity contribution >= 4 is 5.82 Å². The molecule has 0 spiro atoms. The zero-order chi connectivity index (χ0) is 11.3. The Morgan fingerprint density at radius 3 is 2.80 bits per heavy atom. The van der Waals surface area contributed by atoms with Gasteiger partial charge >= 0.3 is 0 Å². The van der Waals surface area contributed by atoms with Crippen LogP contribution in [-0.4, -0.2) is 29.7 Å². The number of aryl methyl sites for hydroxylation is 2. The Labute approximate surface area is 91.1 Å². The molecule has 0 aliphatic rings. The number of rotatable bonds is 5. The van der Waals surface area contributed by atoms with E-state index in [1.165, 1.54) is 0 Å². The van der Waals surface area contributed by atoms with Gasteiger partial charge in [-0.25, -0.2) is 9.97 Å². The third kappa shape index (κ3) is 3.83. The largest absolute Gasteiger partial charge is 0.383 e. The SMILES string of the molecule is CCc1cc(NC(C)COC)nc(C)n1.